The van der Waals surface area contributed by atoms with Crippen LogP contribution in [0.1, 0.15) is 31.2 Å². The lowest BCUT2D eigenvalue weighted by atomic mass is 10.2. The molecule has 1 aliphatic heterocycles. The molecule has 0 saturated carbocycles. The second kappa shape index (κ2) is 4.07. The van der Waals surface area contributed by atoms with E-state index in [4.69, 9.17) is 16.3 Å². The van der Waals surface area contributed by atoms with Crippen LogP contribution in [0.3, 0.4) is 0 Å². The van der Waals surface area contributed by atoms with Gasteiger partial charge >= 0.3 is 0 Å². The third-order valence-corrected chi connectivity index (χ3v) is 2.49. The summed E-state index contributed by atoms with van der Waals surface area (Å²) in [6.07, 6.45) is 5.07. The number of nitrogens with zero attached hydrogens (tertiary/aromatic N) is 3. The van der Waals surface area contributed by atoms with E-state index in [-0.39, 0.29) is 6.23 Å². The average molecular weight is 202 g/mol. The maximum absolute atomic E-state index is 5.74. The van der Waals surface area contributed by atoms with Crippen molar-refractivity contribution in [1.82, 2.24) is 15.0 Å². The van der Waals surface area contributed by atoms with Crippen molar-refractivity contribution in [3.8, 4) is 0 Å². The SMILES string of the molecule is ClCc1cnnn1C1CCCCO1. The Labute approximate surface area is 81.8 Å². The molecular formula is C8H12ClN3O. The van der Waals surface area contributed by atoms with Crippen LogP contribution in [0.4, 0.5) is 0 Å². The number of alkyl halides is 1. The van der Waals surface area contributed by atoms with E-state index in [0.717, 1.165) is 25.1 Å². The molecule has 0 N–H and O–H groups in total. The van der Waals surface area contributed by atoms with Gasteiger partial charge in [0.15, 0.2) is 6.23 Å². The topological polar surface area (TPSA) is 39.9 Å². The van der Waals surface area contributed by atoms with Crippen LogP contribution in [0.25, 0.3) is 0 Å². The van der Waals surface area contributed by atoms with E-state index in [0.29, 0.717) is 5.88 Å². The zero-order valence-corrected chi connectivity index (χ0v) is 8.07. The predicted octanol–water partition coefficient (Wildman–Crippen LogP) is 1.72. The second-order valence-corrected chi connectivity index (χ2v) is 3.39. The Morgan fingerprint density at radius 3 is 3.23 bits per heavy atom. The highest BCUT2D eigenvalue weighted by molar-refractivity contribution is 6.16. The molecule has 1 fully saturated rings. The minimum Gasteiger partial charge on any atom is -0.356 e. The van der Waals surface area contributed by atoms with Crippen molar-refractivity contribution in [2.24, 2.45) is 0 Å². The van der Waals surface area contributed by atoms with Crippen LogP contribution in [0.5, 0.6) is 0 Å². The van der Waals surface area contributed by atoms with Crippen molar-refractivity contribution < 1.29 is 4.74 Å². The monoisotopic (exact) mass is 201 g/mol. The van der Waals surface area contributed by atoms with Crippen LogP contribution in [-0.2, 0) is 10.6 Å². The fourth-order valence-corrected chi connectivity index (χ4v) is 1.71. The molecule has 1 aromatic rings. The van der Waals surface area contributed by atoms with Gasteiger partial charge < -0.3 is 4.74 Å². The van der Waals surface area contributed by atoms with Crippen molar-refractivity contribution in [3.63, 3.8) is 0 Å². The third-order valence-electron chi connectivity index (χ3n) is 2.21. The van der Waals surface area contributed by atoms with Gasteiger partial charge in [-0.05, 0) is 19.3 Å². The van der Waals surface area contributed by atoms with Crippen molar-refractivity contribution >= 4 is 11.6 Å². The predicted molar refractivity (Wildman–Crippen MR) is 48.4 cm³/mol. The van der Waals surface area contributed by atoms with Crippen molar-refractivity contribution in [3.05, 3.63) is 11.9 Å². The minimum atomic E-state index is 0.0463. The van der Waals surface area contributed by atoms with Gasteiger partial charge in [-0.3, -0.25) is 0 Å². The second-order valence-electron chi connectivity index (χ2n) is 3.12. The van der Waals surface area contributed by atoms with Crippen LogP contribution in [0.2, 0.25) is 0 Å². The van der Waals surface area contributed by atoms with Crippen molar-refractivity contribution in [1.29, 1.82) is 0 Å². The fraction of sp³-hybridized carbons (Fsp3) is 0.750. The van der Waals surface area contributed by atoms with Crippen LogP contribution in [0.15, 0.2) is 6.20 Å². The van der Waals surface area contributed by atoms with Gasteiger partial charge in [-0.1, -0.05) is 5.21 Å². The van der Waals surface area contributed by atoms with Crippen LogP contribution in [0, 0.1) is 0 Å². The Hall–Kier alpha value is -0.610. The van der Waals surface area contributed by atoms with Crippen LogP contribution < -0.4 is 0 Å². The molecule has 0 bridgehead atoms. The first kappa shape index (κ1) is 8.97. The van der Waals surface area contributed by atoms with Gasteiger partial charge in [0.1, 0.15) is 0 Å². The van der Waals surface area contributed by atoms with E-state index in [9.17, 15) is 0 Å². The average Bonchev–Trinajstić information content (AvgIpc) is 2.67. The molecule has 0 amide bonds. The number of aromatic nitrogens is 3. The maximum atomic E-state index is 5.74. The first-order valence-electron chi connectivity index (χ1n) is 4.48. The lowest BCUT2D eigenvalue weighted by molar-refractivity contribution is -0.0417. The standard InChI is InChI=1S/C8H12ClN3O/c9-5-7-6-10-11-12(7)8-3-1-2-4-13-8/h6,8H,1-5H2. The van der Waals surface area contributed by atoms with E-state index in [1.165, 1.54) is 6.42 Å². The quantitative estimate of drug-likeness (QED) is 0.684. The highest BCUT2D eigenvalue weighted by Gasteiger charge is 2.18. The van der Waals surface area contributed by atoms with Gasteiger partial charge in [0, 0.05) is 6.61 Å². The summed E-state index contributed by atoms with van der Waals surface area (Å²) in [4.78, 5) is 0. The van der Waals surface area contributed by atoms with Crippen molar-refractivity contribution in [2.75, 3.05) is 6.61 Å². The molecule has 1 unspecified atom stereocenters. The number of rotatable bonds is 2. The van der Waals surface area contributed by atoms with Crippen LogP contribution in [-0.4, -0.2) is 21.6 Å². The molecule has 2 heterocycles. The van der Waals surface area contributed by atoms with E-state index in [1.54, 1.807) is 10.9 Å². The summed E-state index contributed by atoms with van der Waals surface area (Å²) >= 11 is 5.74. The summed E-state index contributed by atoms with van der Waals surface area (Å²) in [5, 5.41) is 7.78. The Morgan fingerprint density at radius 1 is 1.62 bits per heavy atom. The maximum Gasteiger partial charge on any atom is 0.152 e. The lowest BCUT2D eigenvalue weighted by Crippen LogP contribution is -2.20. The van der Waals surface area contributed by atoms with Gasteiger partial charge in [-0.15, -0.1) is 16.7 Å². The lowest BCUT2D eigenvalue weighted by Gasteiger charge is -2.23. The van der Waals surface area contributed by atoms with Gasteiger partial charge in [-0.2, -0.15) is 0 Å². The Bertz CT molecular complexity index is 270. The summed E-state index contributed by atoms with van der Waals surface area (Å²) in [5.41, 5.74) is 0.925. The highest BCUT2D eigenvalue weighted by Crippen LogP contribution is 2.22. The molecule has 2 rings (SSSR count). The minimum absolute atomic E-state index is 0.0463. The highest BCUT2D eigenvalue weighted by atomic mass is 35.5. The van der Waals surface area contributed by atoms with Gasteiger partial charge in [0.25, 0.3) is 0 Å². The van der Waals surface area contributed by atoms with E-state index in [1.807, 2.05) is 0 Å². The molecule has 0 spiro atoms. The molecule has 1 atom stereocenters. The third kappa shape index (κ3) is 1.84. The number of halogens is 1. The van der Waals surface area contributed by atoms with E-state index in [2.05, 4.69) is 10.3 Å². The molecule has 5 heteroatoms. The Balaban J connectivity index is 2.13. The largest absolute Gasteiger partial charge is 0.356 e. The Kier molecular flexibility index (Phi) is 2.80. The number of hydrogen-bond donors (Lipinski definition) is 0. The zero-order valence-electron chi connectivity index (χ0n) is 7.32. The normalized spacial score (nSPS) is 23.3. The molecule has 72 valence electrons. The molecule has 0 aromatic carbocycles. The van der Waals surface area contributed by atoms with Crippen molar-refractivity contribution in [2.45, 2.75) is 31.4 Å². The molecular weight excluding hydrogens is 190 g/mol. The van der Waals surface area contributed by atoms with Gasteiger partial charge in [0.05, 0.1) is 17.8 Å². The molecule has 1 aromatic heterocycles. The first-order chi connectivity index (χ1) is 6.42. The number of ether oxygens (including phenoxy) is 1. The van der Waals surface area contributed by atoms with Gasteiger partial charge in [0.2, 0.25) is 0 Å². The molecule has 0 aliphatic carbocycles. The number of hydrogen-bond acceptors (Lipinski definition) is 3. The molecule has 13 heavy (non-hydrogen) atoms. The van der Waals surface area contributed by atoms with E-state index >= 15 is 0 Å². The smallest absolute Gasteiger partial charge is 0.152 e. The molecule has 0 radical (unpaired) electrons. The van der Waals surface area contributed by atoms with E-state index < -0.39 is 0 Å². The summed E-state index contributed by atoms with van der Waals surface area (Å²) in [6, 6.07) is 0. The van der Waals surface area contributed by atoms with Gasteiger partial charge in [-0.25, -0.2) is 4.68 Å². The Morgan fingerprint density at radius 2 is 2.54 bits per heavy atom. The molecule has 4 nitrogen and oxygen atoms in total. The summed E-state index contributed by atoms with van der Waals surface area (Å²) in [5.74, 6) is 0.437. The zero-order chi connectivity index (χ0) is 9.10. The molecule has 1 aliphatic rings. The summed E-state index contributed by atoms with van der Waals surface area (Å²) in [6.45, 7) is 0.812. The summed E-state index contributed by atoms with van der Waals surface area (Å²) < 4.78 is 7.35. The summed E-state index contributed by atoms with van der Waals surface area (Å²) in [7, 11) is 0. The van der Waals surface area contributed by atoms with Crippen LogP contribution >= 0.6 is 11.6 Å². The fourth-order valence-electron chi connectivity index (χ4n) is 1.52. The first-order valence-corrected chi connectivity index (χ1v) is 5.02. The molecule has 1 saturated heterocycles.